The first kappa shape index (κ1) is 13.8. The molecule has 2 aromatic rings. The normalized spacial score (nSPS) is 19.2. The van der Waals surface area contributed by atoms with Gasteiger partial charge in [0.05, 0.1) is 5.56 Å². The number of likely N-dealkylation sites (N-methyl/N-ethyl adjacent to an activating group) is 1. The lowest BCUT2D eigenvalue weighted by molar-refractivity contribution is 0.315. The Morgan fingerprint density at radius 3 is 2.85 bits per heavy atom. The fourth-order valence-corrected chi connectivity index (χ4v) is 4.29. The van der Waals surface area contributed by atoms with E-state index in [1.807, 2.05) is 6.92 Å². The lowest BCUT2D eigenvalue weighted by Crippen LogP contribution is -2.31. The zero-order chi connectivity index (χ0) is 14.3. The number of nitrogens with zero attached hydrogens (tertiary/aromatic N) is 4. The van der Waals surface area contributed by atoms with E-state index in [1.54, 1.807) is 11.3 Å². The molecule has 7 heteroatoms. The van der Waals surface area contributed by atoms with Gasteiger partial charge in [-0.3, -0.25) is 0 Å². The molecule has 1 aliphatic heterocycles. The van der Waals surface area contributed by atoms with Crippen molar-refractivity contribution < 1.29 is 0 Å². The van der Waals surface area contributed by atoms with Crippen molar-refractivity contribution in [3.8, 4) is 10.6 Å². The summed E-state index contributed by atoms with van der Waals surface area (Å²) in [6.07, 6.45) is 1.18. The van der Waals surface area contributed by atoms with Crippen molar-refractivity contribution in [1.82, 2.24) is 14.3 Å². The number of aryl methyl sites for hydroxylation is 1. The number of nitrogen functional groups attached to an aromatic ring is 1. The Hall–Kier alpha value is -1.18. The largest absolute Gasteiger partial charge is 0.382 e. The first-order chi connectivity index (χ1) is 9.56. The number of anilines is 2. The minimum Gasteiger partial charge on any atom is -0.382 e. The molecular formula is C13H19N5S2. The molecule has 5 nitrogen and oxygen atoms in total. The van der Waals surface area contributed by atoms with Crippen LogP contribution in [0.4, 0.5) is 10.8 Å². The summed E-state index contributed by atoms with van der Waals surface area (Å²) in [7, 11) is 4.28. The van der Waals surface area contributed by atoms with Gasteiger partial charge in [-0.05, 0) is 39.0 Å². The van der Waals surface area contributed by atoms with Gasteiger partial charge in [0, 0.05) is 30.2 Å². The van der Waals surface area contributed by atoms with Crippen molar-refractivity contribution in [1.29, 1.82) is 0 Å². The van der Waals surface area contributed by atoms with Gasteiger partial charge in [0.15, 0.2) is 0 Å². The van der Waals surface area contributed by atoms with Gasteiger partial charge in [-0.2, -0.15) is 4.37 Å². The quantitative estimate of drug-likeness (QED) is 0.943. The van der Waals surface area contributed by atoms with E-state index in [0.29, 0.717) is 11.9 Å². The van der Waals surface area contributed by atoms with Crippen LogP contribution in [0.3, 0.4) is 0 Å². The summed E-state index contributed by atoms with van der Waals surface area (Å²) in [5.74, 6) is 0.604. The fraction of sp³-hybridized carbons (Fsp3) is 0.538. The third-order valence-corrected chi connectivity index (χ3v) is 5.62. The van der Waals surface area contributed by atoms with Crippen LogP contribution in [0.1, 0.15) is 12.1 Å². The molecule has 3 heterocycles. The molecule has 1 unspecified atom stereocenters. The maximum absolute atomic E-state index is 6.07. The molecule has 0 bridgehead atoms. The summed E-state index contributed by atoms with van der Waals surface area (Å²) >= 11 is 3.13. The molecule has 1 fully saturated rings. The van der Waals surface area contributed by atoms with Crippen molar-refractivity contribution in [2.45, 2.75) is 19.4 Å². The summed E-state index contributed by atoms with van der Waals surface area (Å²) in [5.41, 5.74) is 8.13. The van der Waals surface area contributed by atoms with E-state index < -0.39 is 0 Å². The molecule has 1 atom stereocenters. The van der Waals surface area contributed by atoms with Gasteiger partial charge < -0.3 is 15.5 Å². The van der Waals surface area contributed by atoms with E-state index in [-0.39, 0.29) is 0 Å². The fourth-order valence-electron chi connectivity index (χ4n) is 2.53. The molecular weight excluding hydrogens is 290 g/mol. The number of aromatic nitrogens is 2. The molecule has 0 aliphatic carbocycles. The molecule has 1 aliphatic rings. The highest BCUT2D eigenvalue weighted by Crippen LogP contribution is 2.41. The summed E-state index contributed by atoms with van der Waals surface area (Å²) in [6, 6.07) is 0.601. The molecule has 0 saturated carbocycles. The van der Waals surface area contributed by atoms with Crippen LogP contribution in [0.2, 0.25) is 0 Å². The Kier molecular flexibility index (Phi) is 3.66. The Balaban J connectivity index is 1.92. The molecule has 3 rings (SSSR count). The molecule has 20 heavy (non-hydrogen) atoms. The van der Waals surface area contributed by atoms with Crippen molar-refractivity contribution in [3.63, 3.8) is 0 Å². The maximum Gasteiger partial charge on any atom is 0.149 e. The van der Waals surface area contributed by atoms with Crippen molar-refractivity contribution in [2.24, 2.45) is 0 Å². The number of hydrogen-bond acceptors (Lipinski definition) is 7. The Morgan fingerprint density at radius 2 is 2.25 bits per heavy atom. The van der Waals surface area contributed by atoms with Gasteiger partial charge in [0.1, 0.15) is 15.8 Å². The van der Waals surface area contributed by atoms with Crippen molar-refractivity contribution in [3.05, 3.63) is 11.1 Å². The Labute approximate surface area is 127 Å². The monoisotopic (exact) mass is 309 g/mol. The van der Waals surface area contributed by atoms with Crippen LogP contribution in [0.25, 0.3) is 10.6 Å². The van der Waals surface area contributed by atoms with E-state index in [2.05, 4.69) is 38.6 Å². The number of nitrogens with two attached hydrogens (primary N) is 1. The van der Waals surface area contributed by atoms with Crippen LogP contribution in [-0.2, 0) is 0 Å². The smallest absolute Gasteiger partial charge is 0.149 e. The predicted octanol–water partition coefficient (Wildman–Crippen LogP) is 2.30. The second-order valence-corrected chi connectivity index (χ2v) is 7.00. The molecule has 108 valence electrons. The summed E-state index contributed by atoms with van der Waals surface area (Å²) < 4.78 is 4.35. The van der Waals surface area contributed by atoms with Gasteiger partial charge in [-0.25, -0.2) is 4.98 Å². The molecule has 2 aromatic heterocycles. The molecule has 0 aromatic carbocycles. The lowest BCUT2D eigenvalue weighted by Gasteiger charge is -2.21. The van der Waals surface area contributed by atoms with Gasteiger partial charge >= 0.3 is 0 Å². The Bertz CT molecular complexity index is 604. The summed E-state index contributed by atoms with van der Waals surface area (Å²) in [6.45, 7) is 4.10. The van der Waals surface area contributed by atoms with E-state index in [0.717, 1.165) is 29.4 Å². The van der Waals surface area contributed by atoms with Crippen molar-refractivity contribution >= 4 is 33.7 Å². The van der Waals surface area contributed by atoms with Crippen LogP contribution >= 0.6 is 22.9 Å². The first-order valence-corrected chi connectivity index (χ1v) is 8.30. The minimum atomic E-state index is 0.601. The van der Waals surface area contributed by atoms with Crippen LogP contribution in [-0.4, -0.2) is 47.5 Å². The molecule has 1 saturated heterocycles. The molecule has 0 amide bonds. The zero-order valence-electron chi connectivity index (χ0n) is 12.0. The first-order valence-electron chi connectivity index (χ1n) is 6.65. The summed E-state index contributed by atoms with van der Waals surface area (Å²) in [4.78, 5) is 9.25. The number of thiazole rings is 1. The average Bonchev–Trinajstić information content (AvgIpc) is 3.07. The van der Waals surface area contributed by atoms with Gasteiger partial charge in [0.25, 0.3) is 0 Å². The zero-order valence-corrected chi connectivity index (χ0v) is 13.6. The highest BCUT2D eigenvalue weighted by Gasteiger charge is 2.29. The van der Waals surface area contributed by atoms with Crippen LogP contribution in [0.15, 0.2) is 5.38 Å². The highest BCUT2D eigenvalue weighted by atomic mass is 32.1. The highest BCUT2D eigenvalue weighted by molar-refractivity contribution is 7.15. The molecule has 0 spiro atoms. The third-order valence-electron chi connectivity index (χ3n) is 3.71. The molecule has 2 N–H and O–H groups in total. The topological polar surface area (TPSA) is 58.3 Å². The van der Waals surface area contributed by atoms with E-state index >= 15 is 0 Å². The SMILES string of the molecule is Cc1csc(-c2c(N)nsc2N2CCC(N(C)C)C2)n1. The standard InChI is InChI=1S/C13H19N5S2/c1-8-7-19-12(15-8)10-11(14)16-20-13(10)18-5-4-9(6-18)17(2)3/h7,9H,4-6H2,1-3H3,(H2,14,16). The van der Waals surface area contributed by atoms with Gasteiger partial charge in [-0.1, -0.05) is 0 Å². The lowest BCUT2D eigenvalue weighted by atomic mass is 10.2. The van der Waals surface area contributed by atoms with Gasteiger partial charge in [-0.15, -0.1) is 11.3 Å². The minimum absolute atomic E-state index is 0.601. The summed E-state index contributed by atoms with van der Waals surface area (Å²) in [5, 5.41) is 4.21. The maximum atomic E-state index is 6.07. The van der Waals surface area contributed by atoms with Crippen LogP contribution in [0, 0.1) is 6.92 Å². The second kappa shape index (κ2) is 5.31. The van der Waals surface area contributed by atoms with E-state index in [1.165, 1.54) is 23.0 Å². The van der Waals surface area contributed by atoms with E-state index in [9.17, 15) is 0 Å². The second-order valence-electron chi connectivity index (χ2n) is 5.39. The number of rotatable bonds is 3. The van der Waals surface area contributed by atoms with Crippen molar-refractivity contribution in [2.75, 3.05) is 37.8 Å². The average molecular weight is 309 g/mol. The predicted molar refractivity (Wildman–Crippen MR) is 86.7 cm³/mol. The van der Waals surface area contributed by atoms with Gasteiger partial charge in [0.2, 0.25) is 0 Å². The number of hydrogen-bond donors (Lipinski definition) is 1. The molecule has 0 radical (unpaired) electrons. The Morgan fingerprint density at radius 1 is 1.45 bits per heavy atom. The third kappa shape index (κ3) is 2.41. The van der Waals surface area contributed by atoms with Crippen LogP contribution in [0.5, 0.6) is 0 Å². The van der Waals surface area contributed by atoms with Crippen LogP contribution < -0.4 is 10.6 Å². The van der Waals surface area contributed by atoms with E-state index in [4.69, 9.17) is 5.73 Å².